The van der Waals surface area contributed by atoms with Crippen molar-refractivity contribution in [3.8, 4) is 0 Å². The molecule has 4 heteroatoms. The van der Waals surface area contributed by atoms with Crippen molar-refractivity contribution in [2.75, 3.05) is 5.32 Å². The summed E-state index contributed by atoms with van der Waals surface area (Å²) in [7, 11) is 0. The summed E-state index contributed by atoms with van der Waals surface area (Å²) in [6.45, 7) is 6.59. The predicted octanol–water partition coefficient (Wildman–Crippen LogP) is 2.88. The van der Waals surface area contributed by atoms with Crippen LogP contribution >= 0.6 is 0 Å². The maximum Gasteiger partial charge on any atom is 0.252 e. The molecule has 2 rings (SSSR count). The zero-order chi connectivity index (χ0) is 13.1. The first-order valence-corrected chi connectivity index (χ1v) is 6.92. The lowest BCUT2D eigenvalue weighted by atomic mass is 10.0. The van der Waals surface area contributed by atoms with E-state index in [0.717, 1.165) is 30.9 Å². The lowest BCUT2D eigenvalue weighted by molar-refractivity contribution is 0.527. The van der Waals surface area contributed by atoms with Crippen molar-refractivity contribution in [3.05, 3.63) is 22.2 Å². The highest BCUT2D eigenvalue weighted by atomic mass is 16.1. The molecule has 1 aromatic heterocycles. The maximum absolute atomic E-state index is 11.6. The average Bonchev–Trinajstić information content (AvgIpc) is 3.09. The maximum atomic E-state index is 11.6. The molecule has 0 spiro atoms. The standard InChI is InChI=1S/C14H23N3O/c1-9(2)4-5-10(3)15-12-8-13(18)17-14(16-12)11-6-7-11/h8-11H,4-7H2,1-3H3,(H2,15,16,17,18). The van der Waals surface area contributed by atoms with E-state index >= 15 is 0 Å². The Morgan fingerprint density at radius 2 is 2.11 bits per heavy atom. The summed E-state index contributed by atoms with van der Waals surface area (Å²) in [5.74, 6) is 2.76. The summed E-state index contributed by atoms with van der Waals surface area (Å²) < 4.78 is 0. The quantitative estimate of drug-likeness (QED) is 0.815. The van der Waals surface area contributed by atoms with Crippen LogP contribution in [0.3, 0.4) is 0 Å². The molecule has 0 aliphatic heterocycles. The van der Waals surface area contributed by atoms with Crippen molar-refractivity contribution in [2.24, 2.45) is 5.92 Å². The second-order valence-electron chi connectivity index (χ2n) is 5.81. The molecule has 1 heterocycles. The molecule has 1 fully saturated rings. The molecule has 0 aromatic carbocycles. The van der Waals surface area contributed by atoms with Gasteiger partial charge >= 0.3 is 0 Å². The van der Waals surface area contributed by atoms with Gasteiger partial charge in [0.05, 0.1) is 0 Å². The number of aromatic nitrogens is 2. The van der Waals surface area contributed by atoms with Gasteiger partial charge < -0.3 is 10.3 Å². The van der Waals surface area contributed by atoms with Gasteiger partial charge in [0.2, 0.25) is 0 Å². The van der Waals surface area contributed by atoms with Crippen LogP contribution in [-0.2, 0) is 0 Å². The lowest BCUT2D eigenvalue weighted by Crippen LogP contribution is -2.20. The minimum atomic E-state index is -0.0505. The van der Waals surface area contributed by atoms with Gasteiger partial charge in [-0.05, 0) is 38.5 Å². The molecule has 0 radical (unpaired) electrons. The number of H-pyrrole nitrogens is 1. The zero-order valence-electron chi connectivity index (χ0n) is 11.5. The van der Waals surface area contributed by atoms with Crippen LogP contribution in [0.5, 0.6) is 0 Å². The molecular weight excluding hydrogens is 226 g/mol. The summed E-state index contributed by atoms with van der Waals surface area (Å²) in [6.07, 6.45) is 4.59. The van der Waals surface area contributed by atoms with Gasteiger partial charge in [0.1, 0.15) is 11.6 Å². The number of hydrogen-bond donors (Lipinski definition) is 2. The summed E-state index contributed by atoms with van der Waals surface area (Å²) in [5, 5.41) is 3.33. The first-order valence-electron chi connectivity index (χ1n) is 6.92. The van der Waals surface area contributed by atoms with Crippen molar-refractivity contribution < 1.29 is 0 Å². The Hall–Kier alpha value is -1.32. The highest BCUT2D eigenvalue weighted by Gasteiger charge is 2.26. The average molecular weight is 249 g/mol. The van der Waals surface area contributed by atoms with Crippen LogP contribution in [-0.4, -0.2) is 16.0 Å². The van der Waals surface area contributed by atoms with Crippen molar-refractivity contribution in [1.29, 1.82) is 0 Å². The number of nitrogens with one attached hydrogen (secondary N) is 2. The molecule has 2 N–H and O–H groups in total. The lowest BCUT2D eigenvalue weighted by Gasteiger charge is -2.15. The summed E-state index contributed by atoms with van der Waals surface area (Å²) in [5.41, 5.74) is -0.0505. The van der Waals surface area contributed by atoms with E-state index in [0.29, 0.717) is 17.9 Å². The fourth-order valence-corrected chi connectivity index (χ4v) is 2.01. The smallest absolute Gasteiger partial charge is 0.252 e. The number of nitrogens with zero attached hydrogens (tertiary/aromatic N) is 1. The SMILES string of the molecule is CC(C)CCC(C)Nc1cc(=O)[nH]c(C2CC2)n1. The molecular formula is C14H23N3O. The highest BCUT2D eigenvalue weighted by Crippen LogP contribution is 2.37. The molecule has 0 bridgehead atoms. The van der Waals surface area contributed by atoms with Gasteiger partial charge in [-0.25, -0.2) is 4.98 Å². The Kier molecular flexibility index (Phi) is 4.04. The Morgan fingerprint density at radius 3 is 2.72 bits per heavy atom. The van der Waals surface area contributed by atoms with Crippen LogP contribution < -0.4 is 10.9 Å². The zero-order valence-corrected chi connectivity index (χ0v) is 11.5. The molecule has 0 amide bonds. The normalized spacial score (nSPS) is 16.9. The van der Waals surface area contributed by atoms with Crippen molar-refractivity contribution in [2.45, 2.75) is 58.4 Å². The number of anilines is 1. The second kappa shape index (κ2) is 5.55. The van der Waals surface area contributed by atoms with Crippen LogP contribution in [0.4, 0.5) is 5.82 Å². The molecule has 4 nitrogen and oxygen atoms in total. The second-order valence-corrected chi connectivity index (χ2v) is 5.81. The monoisotopic (exact) mass is 249 g/mol. The van der Waals surface area contributed by atoms with Crippen LogP contribution in [0.1, 0.15) is 58.2 Å². The van der Waals surface area contributed by atoms with E-state index in [1.807, 2.05) is 0 Å². The summed E-state index contributed by atoms with van der Waals surface area (Å²) in [6, 6.07) is 1.91. The third-order valence-corrected chi connectivity index (χ3v) is 3.30. The topological polar surface area (TPSA) is 57.8 Å². The van der Waals surface area contributed by atoms with Crippen LogP contribution in [0.25, 0.3) is 0 Å². The van der Waals surface area contributed by atoms with E-state index in [2.05, 4.69) is 36.1 Å². The largest absolute Gasteiger partial charge is 0.367 e. The van der Waals surface area contributed by atoms with Crippen LogP contribution in [0.2, 0.25) is 0 Å². The summed E-state index contributed by atoms with van der Waals surface area (Å²) >= 11 is 0. The third-order valence-electron chi connectivity index (χ3n) is 3.30. The molecule has 18 heavy (non-hydrogen) atoms. The molecule has 1 unspecified atom stereocenters. The molecule has 1 saturated carbocycles. The first-order chi connectivity index (χ1) is 8.54. The van der Waals surface area contributed by atoms with E-state index in [4.69, 9.17) is 0 Å². The van der Waals surface area contributed by atoms with E-state index in [1.165, 1.54) is 6.42 Å². The van der Waals surface area contributed by atoms with Gasteiger partial charge in [0.15, 0.2) is 0 Å². The van der Waals surface area contributed by atoms with Crippen molar-refractivity contribution >= 4 is 5.82 Å². The Bertz CT molecular complexity index is 449. The van der Waals surface area contributed by atoms with E-state index in [1.54, 1.807) is 6.07 Å². The van der Waals surface area contributed by atoms with Crippen LogP contribution in [0, 0.1) is 5.92 Å². The molecule has 1 aliphatic carbocycles. The molecule has 0 saturated heterocycles. The van der Waals surface area contributed by atoms with E-state index < -0.39 is 0 Å². The Morgan fingerprint density at radius 1 is 1.39 bits per heavy atom. The van der Waals surface area contributed by atoms with Gasteiger partial charge in [-0.3, -0.25) is 4.79 Å². The number of aromatic amines is 1. The minimum Gasteiger partial charge on any atom is -0.367 e. The fraction of sp³-hybridized carbons (Fsp3) is 0.714. The molecule has 100 valence electrons. The fourth-order valence-electron chi connectivity index (χ4n) is 2.01. The van der Waals surface area contributed by atoms with Gasteiger partial charge in [-0.1, -0.05) is 13.8 Å². The van der Waals surface area contributed by atoms with Gasteiger partial charge in [-0.2, -0.15) is 0 Å². The molecule has 1 aromatic rings. The molecule has 1 atom stereocenters. The first kappa shape index (κ1) is 13.1. The predicted molar refractivity (Wildman–Crippen MR) is 74.0 cm³/mol. The van der Waals surface area contributed by atoms with Crippen molar-refractivity contribution in [3.63, 3.8) is 0 Å². The Balaban J connectivity index is 1.97. The van der Waals surface area contributed by atoms with E-state index in [9.17, 15) is 4.79 Å². The van der Waals surface area contributed by atoms with E-state index in [-0.39, 0.29) is 5.56 Å². The minimum absolute atomic E-state index is 0.0505. The van der Waals surface area contributed by atoms with Gasteiger partial charge in [-0.15, -0.1) is 0 Å². The van der Waals surface area contributed by atoms with Crippen LogP contribution in [0.15, 0.2) is 10.9 Å². The van der Waals surface area contributed by atoms with Gasteiger partial charge in [0.25, 0.3) is 5.56 Å². The van der Waals surface area contributed by atoms with Crippen molar-refractivity contribution in [1.82, 2.24) is 9.97 Å². The van der Waals surface area contributed by atoms with Gasteiger partial charge in [0, 0.05) is 18.0 Å². The molecule has 1 aliphatic rings. The third kappa shape index (κ3) is 3.86. The Labute approximate surface area is 108 Å². The number of hydrogen-bond acceptors (Lipinski definition) is 3. The highest BCUT2D eigenvalue weighted by molar-refractivity contribution is 5.34. The number of rotatable bonds is 6. The summed E-state index contributed by atoms with van der Waals surface area (Å²) in [4.78, 5) is 18.9.